The summed E-state index contributed by atoms with van der Waals surface area (Å²) in [5.41, 5.74) is 0. The maximum atomic E-state index is 8.77. The van der Waals surface area contributed by atoms with Gasteiger partial charge in [0.2, 0.25) is 0 Å². The van der Waals surface area contributed by atoms with Crippen molar-refractivity contribution in [2.24, 2.45) is 0 Å². The molecule has 0 aromatic heterocycles. The van der Waals surface area contributed by atoms with E-state index in [0.717, 1.165) is 0 Å². The first-order chi connectivity index (χ1) is 2.00. The fourth-order valence-corrected chi connectivity index (χ4v) is 0. The van der Waals surface area contributed by atoms with Crippen molar-refractivity contribution in [3.63, 3.8) is 0 Å². The Morgan fingerprint density at radius 2 is 1.67 bits per heavy atom. The third-order valence-corrected chi connectivity index (χ3v) is 0. The van der Waals surface area contributed by atoms with Crippen LogP contribution < -0.4 is 4.89 Å². The third-order valence-electron chi connectivity index (χ3n) is 0. The molecule has 0 atom stereocenters. The van der Waals surface area contributed by atoms with E-state index in [4.69, 9.17) is 19.2 Å². The molecule has 0 saturated carbocycles. The second kappa shape index (κ2) is 3.66. The summed E-state index contributed by atoms with van der Waals surface area (Å²) < 4.78 is 8.77. The van der Waals surface area contributed by atoms with Crippen LogP contribution >= 0.6 is 7.82 Å². The van der Waals surface area contributed by atoms with Crippen LogP contribution in [0.2, 0.25) is 0 Å². The molecular weight excluding hydrogens is 232 g/mol. The fraction of sp³-hybridized carbons (Fsp3) is 0. The molecule has 0 aromatic rings. The molecule has 0 heterocycles. The molecule has 4 nitrogen and oxygen atoms in total. The van der Waals surface area contributed by atoms with E-state index in [1.807, 2.05) is 0 Å². The van der Waals surface area contributed by atoms with E-state index in [-0.39, 0.29) is 50.3 Å². The number of phosphoric acid groups is 1. The van der Waals surface area contributed by atoms with E-state index in [1.54, 1.807) is 0 Å². The van der Waals surface area contributed by atoms with Gasteiger partial charge in [-0.15, -0.1) is 0 Å². The van der Waals surface area contributed by atoms with Crippen molar-refractivity contribution in [1.29, 1.82) is 0 Å². The van der Waals surface area contributed by atoms with E-state index < -0.39 is 7.82 Å². The van der Waals surface area contributed by atoms with Crippen LogP contribution in [0.15, 0.2) is 0 Å². The Hall–Kier alpha value is 1.68. The van der Waals surface area contributed by atoms with E-state index in [2.05, 4.69) is 0 Å². The molecule has 0 aliphatic rings. The number of rotatable bonds is 0. The van der Waals surface area contributed by atoms with Crippen LogP contribution in [0.1, 0.15) is 1.43 Å². The molecule has 0 bridgehead atoms. The second-order valence-electron chi connectivity index (χ2n) is 0.491. The van der Waals surface area contributed by atoms with E-state index in [1.165, 1.54) is 0 Å². The Bertz CT molecular complexity index is 57.8. The predicted octanol–water partition coefficient (Wildman–Crippen LogP) is -1.83. The zero-order valence-corrected chi connectivity index (χ0v) is 8.20. The van der Waals surface area contributed by atoms with Gasteiger partial charge >= 0.3 is 48.9 Å². The van der Waals surface area contributed by atoms with E-state index in [0.29, 0.717) is 0 Å². The van der Waals surface area contributed by atoms with Gasteiger partial charge in [-0.2, -0.15) is 0 Å². The van der Waals surface area contributed by atoms with Gasteiger partial charge < -0.3 is 16.1 Å². The van der Waals surface area contributed by atoms with Crippen LogP contribution in [0.3, 0.4) is 0 Å². The SMILES string of the molecule is O=P([O-])(O)O.[Ba+2].[H-]. The van der Waals surface area contributed by atoms with Crippen LogP contribution in [0.4, 0.5) is 0 Å². The van der Waals surface area contributed by atoms with Gasteiger partial charge in [-0.1, -0.05) is 0 Å². The molecule has 0 amide bonds. The Balaban J connectivity index is -0.0000000800. The maximum Gasteiger partial charge on any atom is 2.00 e. The molecule has 0 aliphatic heterocycles. The summed E-state index contributed by atoms with van der Waals surface area (Å²) >= 11 is 0. The van der Waals surface area contributed by atoms with Gasteiger partial charge in [-0.05, 0) is 0 Å². The van der Waals surface area contributed by atoms with Gasteiger partial charge in [0, 0.05) is 0 Å². The Labute approximate surface area is 76.4 Å². The van der Waals surface area contributed by atoms with Crippen molar-refractivity contribution >= 4 is 56.7 Å². The molecule has 0 aliphatic carbocycles. The van der Waals surface area contributed by atoms with Crippen molar-refractivity contribution in [3.8, 4) is 0 Å². The zero-order chi connectivity index (χ0) is 4.50. The number of hydrogen-bond donors (Lipinski definition) is 2. The predicted molar refractivity (Wildman–Crippen MR) is 18.9 cm³/mol. The van der Waals surface area contributed by atoms with Gasteiger partial charge in [-0.3, -0.25) is 4.57 Å². The molecule has 6 heteroatoms. The summed E-state index contributed by atoms with van der Waals surface area (Å²) in [5, 5.41) is 0. The first-order valence-electron chi connectivity index (χ1n) is 0.765. The van der Waals surface area contributed by atoms with Crippen molar-refractivity contribution in [2.45, 2.75) is 0 Å². The first-order valence-corrected chi connectivity index (χ1v) is 2.30. The summed E-state index contributed by atoms with van der Waals surface area (Å²) in [6.07, 6.45) is 0. The van der Waals surface area contributed by atoms with Gasteiger partial charge in [0.05, 0.1) is 0 Å². The smallest absolute Gasteiger partial charge is 1.00 e. The monoisotopic (exact) mass is 236 g/mol. The Kier molecular flexibility index (Phi) is 6.47. The van der Waals surface area contributed by atoms with Crippen LogP contribution in [0, 0.1) is 0 Å². The quantitative estimate of drug-likeness (QED) is 0.382. The molecule has 0 saturated heterocycles. The van der Waals surface area contributed by atoms with Crippen molar-refractivity contribution in [3.05, 3.63) is 0 Å². The molecule has 0 radical (unpaired) electrons. The van der Waals surface area contributed by atoms with Crippen LogP contribution in [0.25, 0.3) is 0 Å². The molecule has 0 fully saturated rings. The van der Waals surface area contributed by atoms with Crippen molar-refractivity contribution in [1.82, 2.24) is 0 Å². The normalized spacial score (nSPS) is 9.83. The summed E-state index contributed by atoms with van der Waals surface area (Å²) in [6.45, 7) is 0. The molecule has 0 rings (SSSR count). The second-order valence-corrected chi connectivity index (χ2v) is 1.47. The van der Waals surface area contributed by atoms with Crippen molar-refractivity contribution < 1.29 is 20.7 Å². The van der Waals surface area contributed by atoms with E-state index >= 15 is 0 Å². The first kappa shape index (κ1) is 10.6. The van der Waals surface area contributed by atoms with Gasteiger partial charge in [0.1, 0.15) is 0 Å². The average molecular weight is 235 g/mol. The standard InChI is InChI=1S/Ba.H3O4P.H/c;1-5(2,3)4;/h;(H3,1,2,3,4);/q+2;;-1/p-1. The largest absolute Gasteiger partial charge is 2.00 e. The third kappa shape index (κ3) is 44.0. The molecular formula is H3BaO4P. The molecule has 0 spiro atoms. The fourth-order valence-electron chi connectivity index (χ4n) is 0. The summed E-state index contributed by atoms with van der Waals surface area (Å²) in [6, 6.07) is 0. The maximum absolute atomic E-state index is 8.77. The topological polar surface area (TPSA) is 80.6 Å². The zero-order valence-electron chi connectivity index (χ0n) is 3.87. The minimum Gasteiger partial charge on any atom is -1.00 e. The van der Waals surface area contributed by atoms with Crippen LogP contribution in [-0.4, -0.2) is 58.7 Å². The summed E-state index contributed by atoms with van der Waals surface area (Å²) in [4.78, 5) is 22.9. The molecule has 34 valence electrons. The number of hydrogen-bond acceptors (Lipinski definition) is 2. The minimum atomic E-state index is -4.89. The van der Waals surface area contributed by atoms with Crippen molar-refractivity contribution in [2.75, 3.05) is 0 Å². The van der Waals surface area contributed by atoms with E-state index in [9.17, 15) is 0 Å². The molecule has 2 N–H and O–H groups in total. The van der Waals surface area contributed by atoms with Crippen LogP contribution in [0.5, 0.6) is 0 Å². The van der Waals surface area contributed by atoms with Gasteiger partial charge in [-0.25, -0.2) is 0 Å². The van der Waals surface area contributed by atoms with Gasteiger partial charge in [0.25, 0.3) is 7.82 Å². The van der Waals surface area contributed by atoms with Crippen LogP contribution in [-0.2, 0) is 4.57 Å². The average Bonchev–Trinajstić information content (AvgIpc) is 0.722. The molecule has 0 aromatic carbocycles. The molecule has 0 unspecified atom stereocenters. The summed E-state index contributed by atoms with van der Waals surface area (Å²) in [5.74, 6) is 0. The Morgan fingerprint density at radius 1 is 1.67 bits per heavy atom. The Morgan fingerprint density at radius 3 is 1.67 bits per heavy atom. The molecule has 6 heavy (non-hydrogen) atoms. The summed E-state index contributed by atoms with van der Waals surface area (Å²) in [7, 11) is -4.89. The van der Waals surface area contributed by atoms with Gasteiger partial charge in [0.15, 0.2) is 0 Å². The minimum absolute atomic E-state index is 0.